The van der Waals surface area contributed by atoms with Crippen LogP contribution in [0.5, 0.6) is 0 Å². The molecule has 0 aromatic heterocycles. The van der Waals surface area contributed by atoms with Crippen LogP contribution in [0.15, 0.2) is 12.1 Å². The largest absolute Gasteiger partial charge is 0.480 e. The number of hydrogen-bond donors (Lipinski definition) is 2. The molecule has 0 unspecified atom stereocenters. The number of benzene rings is 1. The number of aliphatic carboxylic acids is 1. The maximum atomic E-state index is 10.8. The first-order valence-corrected chi connectivity index (χ1v) is 5.27. The van der Waals surface area contributed by atoms with Gasteiger partial charge in [0.25, 0.3) is 0 Å². The lowest BCUT2D eigenvalue weighted by Crippen LogP contribution is -2.41. The van der Waals surface area contributed by atoms with E-state index in [9.17, 15) is 4.79 Å². The van der Waals surface area contributed by atoms with Gasteiger partial charge in [0.1, 0.15) is 6.04 Å². The molecule has 3 nitrogen and oxygen atoms in total. The molecular formula is C10H9Cl2NO2. The first-order chi connectivity index (χ1) is 7.09. The lowest BCUT2D eigenvalue weighted by atomic mass is 9.96. The van der Waals surface area contributed by atoms with Crippen molar-refractivity contribution < 1.29 is 9.90 Å². The number of halogens is 2. The zero-order chi connectivity index (χ0) is 11.0. The summed E-state index contributed by atoms with van der Waals surface area (Å²) in [5.41, 5.74) is 1.75. The van der Waals surface area contributed by atoms with Crippen LogP contribution in [0.3, 0.4) is 0 Å². The fraction of sp³-hybridized carbons (Fsp3) is 0.300. The molecule has 1 aromatic rings. The maximum Gasteiger partial charge on any atom is 0.321 e. The van der Waals surface area contributed by atoms with E-state index >= 15 is 0 Å². The number of carbonyl (C=O) groups is 1. The molecular weight excluding hydrogens is 237 g/mol. The lowest BCUT2D eigenvalue weighted by molar-refractivity contribution is -0.139. The molecule has 2 N–H and O–H groups in total. The average molecular weight is 246 g/mol. The molecule has 0 bridgehead atoms. The zero-order valence-corrected chi connectivity index (χ0v) is 9.27. The van der Waals surface area contributed by atoms with Crippen molar-refractivity contribution in [2.45, 2.75) is 19.0 Å². The Morgan fingerprint density at radius 2 is 1.93 bits per heavy atom. The second-order valence-electron chi connectivity index (χ2n) is 3.46. The van der Waals surface area contributed by atoms with Crippen molar-refractivity contribution in [2.75, 3.05) is 0 Å². The maximum absolute atomic E-state index is 10.8. The van der Waals surface area contributed by atoms with Crippen molar-refractivity contribution in [3.63, 3.8) is 0 Å². The quantitative estimate of drug-likeness (QED) is 0.797. The van der Waals surface area contributed by atoms with Gasteiger partial charge < -0.3 is 5.11 Å². The van der Waals surface area contributed by atoms with E-state index in [-0.39, 0.29) is 0 Å². The predicted molar refractivity (Wildman–Crippen MR) is 58.4 cm³/mol. The van der Waals surface area contributed by atoms with Gasteiger partial charge >= 0.3 is 5.97 Å². The van der Waals surface area contributed by atoms with Crippen LogP contribution in [0.2, 0.25) is 10.0 Å². The second kappa shape index (κ2) is 4.00. The van der Waals surface area contributed by atoms with Gasteiger partial charge in [-0.15, -0.1) is 0 Å². The van der Waals surface area contributed by atoms with Gasteiger partial charge in [0.2, 0.25) is 0 Å². The third-order valence-electron chi connectivity index (χ3n) is 2.55. The Hall–Kier alpha value is -0.770. The number of rotatable bonds is 1. The van der Waals surface area contributed by atoms with Crippen molar-refractivity contribution in [3.8, 4) is 0 Å². The van der Waals surface area contributed by atoms with Crippen molar-refractivity contribution in [1.29, 1.82) is 0 Å². The second-order valence-corrected chi connectivity index (χ2v) is 4.28. The molecule has 5 heteroatoms. The molecule has 1 aromatic carbocycles. The van der Waals surface area contributed by atoms with E-state index in [1.807, 2.05) is 0 Å². The van der Waals surface area contributed by atoms with Gasteiger partial charge in [0, 0.05) is 23.0 Å². The third kappa shape index (κ3) is 1.95. The normalized spacial score (nSPS) is 19.7. The van der Waals surface area contributed by atoms with E-state index < -0.39 is 12.0 Å². The number of carboxylic acid groups (broad SMARTS) is 1. The SMILES string of the molecule is O=C(O)[C@@H]1Cc2c(Cl)ccc(Cl)c2CN1. The number of fused-ring (bicyclic) bond motifs is 1. The molecule has 15 heavy (non-hydrogen) atoms. The van der Waals surface area contributed by atoms with Crippen molar-refractivity contribution >= 4 is 29.2 Å². The van der Waals surface area contributed by atoms with Crippen LogP contribution < -0.4 is 5.32 Å². The van der Waals surface area contributed by atoms with Gasteiger partial charge in [0.05, 0.1) is 0 Å². The first-order valence-electron chi connectivity index (χ1n) is 4.51. The predicted octanol–water partition coefficient (Wildman–Crippen LogP) is 2.09. The standard InChI is InChI=1S/C10H9Cl2NO2/c11-7-1-2-8(12)6-4-13-9(10(14)15)3-5(6)7/h1-2,9,13H,3-4H2,(H,14,15)/t9-/m0/s1. The Balaban J connectivity index is 2.41. The summed E-state index contributed by atoms with van der Waals surface area (Å²) in [6, 6.07) is 2.85. The Bertz CT molecular complexity index is 420. The number of carboxylic acids is 1. The molecule has 2 rings (SSSR count). The monoisotopic (exact) mass is 245 g/mol. The lowest BCUT2D eigenvalue weighted by Gasteiger charge is -2.24. The summed E-state index contributed by atoms with van der Waals surface area (Å²) in [5.74, 6) is -0.864. The minimum atomic E-state index is -0.864. The van der Waals surface area contributed by atoms with Crippen molar-refractivity contribution in [1.82, 2.24) is 5.32 Å². The molecule has 0 spiro atoms. The van der Waals surface area contributed by atoms with E-state index in [1.165, 1.54) is 0 Å². The number of nitrogens with one attached hydrogen (secondary N) is 1. The molecule has 0 saturated carbocycles. The van der Waals surface area contributed by atoms with Crippen LogP contribution in [-0.2, 0) is 17.8 Å². The Morgan fingerprint density at radius 1 is 1.33 bits per heavy atom. The molecule has 0 aliphatic carbocycles. The summed E-state index contributed by atoms with van der Waals surface area (Å²) >= 11 is 12.0. The van der Waals surface area contributed by atoms with Crippen molar-refractivity contribution in [2.24, 2.45) is 0 Å². The smallest absolute Gasteiger partial charge is 0.321 e. The fourth-order valence-electron chi connectivity index (χ4n) is 1.72. The highest BCUT2D eigenvalue weighted by molar-refractivity contribution is 6.34. The van der Waals surface area contributed by atoms with Gasteiger partial charge in [-0.05, 0) is 23.3 Å². The molecule has 0 amide bonds. The summed E-state index contributed by atoms with van der Waals surface area (Å²) < 4.78 is 0. The van der Waals surface area contributed by atoms with E-state index in [0.717, 1.165) is 11.1 Å². The molecule has 1 atom stereocenters. The van der Waals surface area contributed by atoms with E-state index in [4.69, 9.17) is 28.3 Å². The topological polar surface area (TPSA) is 49.3 Å². The van der Waals surface area contributed by atoms with Gasteiger partial charge in [-0.3, -0.25) is 10.1 Å². The van der Waals surface area contributed by atoms with Gasteiger partial charge in [-0.25, -0.2) is 0 Å². The summed E-state index contributed by atoms with van der Waals surface area (Å²) in [4.78, 5) is 10.8. The van der Waals surface area contributed by atoms with E-state index in [1.54, 1.807) is 12.1 Å². The van der Waals surface area contributed by atoms with Gasteiger partial charge in [-0.2, -0.15) is 0 Å². The summed E-state index contributed by atoms with van der Waals surface area (Å²) in [6.45, 7) is 0.450. The summed E-state index contributed by atoms with van der Waals surface area (Å²) in [7, 11) is 0. The minimum absolute atomic E-state index is 0.379. The fourth-order valence-corrected chi connectivity index (χ4v) is 2.22. The van der Waals surface area contributed by atoms with Crippen LogP contribution in [0.4, 0.5) is 0 Å². The van der Waals surface area contributed by atoms with E-state index in [0.29, 0.717) is 23.0 Å². The molecule has 1 aliphatic rings. The molecule has 1 aliphatic heterocycles. The van der Waals surface area contributed by atoms with Crippen molar-refractivity contribution in [3.05, 3.63) is 33.3 Å². The molecule has 0 radical (unpaired) electrons. The first kappa shape index (κ1) is 10.7. The Kier molecular flexibility index (Phi) is 2.87. The van der Waals surface area contributed by atoms with Crippen LogP contribution >= 0.6 is 23.2 Å². The number of hydrogen-bond acceptors (Lipinski definition) is 2. The highest BCUT2D eigenvalue weighted by Crippen LogP contribution is 2.30. The minimum Gasteiger partial charge on any atom is -0.480 e. The summed E-state index contributed by atoms with van der Waals surface area (Å²) in [5, 5.41) is 13.0. The van der Waals surface area contributed by atoms with Gasteiger partial charge in [0.15, 0.2) is 0 Å². The molecule has 0 fully saturated rings. The van der Waals surface area contributed by atoms with Gasteiger partial charge in [-0.1, -0.05) is 23.2 Å². The average Bonchev–Trinajstić information content (AvgIpc) is 2.23. The van der Waals surface area contributed by atoms with E-state index in [2.05, 4.69) is 5.32 Å². The highest BCUT2D eigenvalue weighted by Gasteiger charge is 2.26. The van der Waals surface area contributed by atoms with Crippen LogP contribution in [0.25, 0.3) is 0 Å². The molecule has 1 heterocycles. The van der Waals surface area contributed by atoms with Crippen LogP contribution in [0.1, 0.15) is 11.1 Å². The van der Waals surface area contributed by atoms with Crippen LogP contribution in [0, 0.1) is 0 Å². The summed E-state index contributed by atoms with van der Waals surface area (Å²) in [6.07, 6.45) is 0.379. The molecule has 80 valence electrons. The molecule has 0 saturated heterocycles. The highest BCUT2D eigenvalue weighted by atomic mass is 35.5. The Labute approximate surface area is 97.0 Å². The Morgan fingerprint density at radius 3 is 2.53 bits per heavy atom. The van der Waals surface area contributed by atoms with Crippen LogP contribution in [-0.4, -0.2) is 17.1 Å². The third-order valence-corrected chi connectivity index (χ3v) is 3.26. The zero-order valence-electron chi connectivity index (χ0n) is 7.76.